The van der Waals surface area contributed by atoms with Crippen LogP contribution in [0, 0.1) is 0 Å². The minimum Gasteiger partial charge on any atom is -0.378 e. The van der Waals surface area contributed by atoms with Gasteiger partial charge in [-0.1, -0.05) is 11.6 Å². The van der Waals surface area contributed by atoms with Crippen molar-refractivity contribution in [2.75, 3.05) is 0 Å². The first-order valence-electron chi connectivity index (χ1n) is 3.28. The lowest BCUT2D eigenvalue weighted by Crippen LogP contribution is -2.21. The Morgan fingerprint density at radius 2 is 2.08 bits per heavy atom. The smallest absolute Gasteiger partial charge is 0.378 e. The predicted octanol–water partition coefficient (Wildman–Crippen LogP) is 2.33. The molecule has 13 heavy (non-hydrogen) atoms. The third-order valence-electron chi connectivity index (χ3n) is 1.36. The molecule has 0 saturated carbocycles. The zero-order valence-corrected chi connectivity index (χ0v) is 6.97. The normalized spacial score (nSPS) is 14.2. The number of halogens is 4. The minimum absolute atomic E-state index is 0.202. The molecule has 1 aromatic rings. The molecule has 1 aromatic heterocycles. The Labute approximate surface area is 77.0 Å². The van der Waals surface area contributed by atoms with Crippen molar-refractivity contribution in [3.05, 3.63) is 29.0 Å². The van der Waals surface area contributed by atoms with E-state index in [9.17, 15) is 13.2 Å². The molecule has 6 heteroatoms. The van der Waals surface area contributed by atoms with Crippen LogP contribution < -0.4 is 0 Å². The predicted molar refractivity (Wildman–Crippen MR) is 40.3 cm³/mol. The summed E-state index contributed by atoms with van der Waals surface area (Å²) < 4.78 is 35.9. The van der Waals surface area contributed by atoms with Crippen molar-refractivity contribution in [3.63, 3.8) is 0 Å². The van der Waals surface area contributed by atoms with E-state index >= 15 is 0 Å². The molecule has 0 radical (unpaired) electrons. The number of pyridine rings is 1. The number of aromatic nitrogens is 1. The molecule has 0 bridgehead atoms. The first-order chi connectivity index (χ1) is 5.93. The monoisotopic (exact) mass is 211 g/mol. The standard InChI is InChI=1S/C7H5ClF3NO/c8-4-2-1-3-12-5(4)6(13)7(9,10)11/h1-3,6,13H/t6-/m0/s1. The molecular formula is C7H5ClF3NO. The van der Waals surface area contributed by atoms with Crippen LogP contribution in [0.4, 0.5) is 13.2 Å². The Kier molecular flexibility index (Phi) is 2.77. The summed E-state index contributed by atoms with van der Waals surface area (Å²) in [5, 5.41) is 8.56. The zero-order chi connectivity index (χ0) is 10.1. The first kappa shape index (κ1) is 10.3. The highest BCUT2D eigenvalue weighted by Gasteiger charge is 2.41. The second kappa shape index (κ2) is 3.51. The summed E-state index contributed by atoms with van der Waals surface area (Å²) in [6.07, 6.45) is -6.23. The molecule has 72 valence electrons. The van der Waals surface area contributed by atoms with Crippen molar-refractivity contribution >= 4 is 11.6 Å². The lowest BCUT2D eigenvalue weighted by atomic mass is 10.2. The molecule has 1 rings (SSSR count). The molecule has 0 amide bonds. The topological polar surface area (TPSA) is 33.1 Å². The average molecular weight is 212 g/mol. The highest BCUT2D eigenvalue weighted by atomic mass is 35.5. The van der Waals surface area contributed by atoms with Gasteiger partial charge in [0.05, 0.1) is 10.7 Å². The summed E-state index contributed by atoms with van der Waals surface area (Å²) in [5.74, 6) is 0. The summed E-state index contributed by atoms with van der Waals surface area (Å²) in [7, 11) is 0. The fourth-order valence-electron chi connectivity index (χ4n) is 0.754. The molecule has 0 unspecified atom stereocenters. The third kappa shape index (κ3) is 2.32. The van der Waals surface area contributed by atoms with Crippen LogP contribution in [0.3, 0.4) is 0 Å². The summed E-state index contributed by atoms with van der Waals surface area (Å²) in [4.78, 5) is 3.34. The Balaban J connectivity index is 3.02. The van der Waals surface area contributed by atoms with Gasteiger partial charge in [-0.2, -0.15) is 13.2 Å². The van der Waals surface area contributed by atoms with Gasteiger partial charge in [-0.25, -0.2) is 0 Å². The number of aliphatic hydroxyl groups is 1. The molecular weight excluding hydrogens is 207 g/mol. The van der Waals surface area contributed by atoms with E-state index in [0.717, 1.165) is 6.20 Å². The molecule has 1 N–H and O–H groups in total. The van der Waals surface area contributed by atoms with Crippen LogP contribution in [-0.4, -0.2) is 16.3 Å². The third-order valence-corrected chi connectivity index (χ3v) is 1.68. The second-order valence-electron chi connectivity index (χ2n) is 2.31. The summed E-state index contributed by atoms with van der Waals surface area (Å²) in [5.41, 5.74) is -0.573. The van der Waals surface area contributed by atoms with Crippen LogP contribution in [0.5, 0.6) is 0 Å². The SMILES string of the molecule is O[C@@H](c1ncccc1Cl)C(F)(F)F. The molecule has 0 aliphatic heterocycles. The van der Waals surface area contributed by atoms with E-state index < -0.39 is 18.0 Å². The molecule has 0 fully saturated rings. The van der Waals surface area contributed by atoms with Crippen molar-refractivity contribution in [2.45, 2.75) is 12.3 Å². The van der Waals surface area contributed by atoms with Gasteiger partial charge in [0, 0.05) is 6.20 Å². The van der Waals surface area contributed by atoms with E-state index in [0.29, 0.717) is 0 Å². The van der Waals surface area contributed by atoms with Gasteiger partial charge in [0.15, 0.2) is 6.10 Å². The summed E-state index contributed by atoms with van der Waals surface area (Å²) in [6.45, 7) is 0. The van der Waals surface area contributed by atoms with Crippen LogP contribution >= 0.6 is 11.6 Å². The number of hydrogen-bond acceptors (Lipinski definition) is 2. The summed E-state index contributed by atoms with van der Waals surface area (Å²) in [6, 6.07) is 2.62. The fourth-order valence-corrected chi connectivity index (χ4v) is 0.979. The lowest BCUT2D eigenvalue weighted by Gasteiger charge is -2.14. The maximum absolute atomic E-state index is 12.0. The summed E-state index contributed by atoms with van der Waals surface area (Å²) >= 11 is 5.40. The lowest BCUT2D eigenvalue weighted by molar-refractivity contribution is -0.207. The Morgan fingerprint density at radius 3 is 2.54 bits per heavy atom. The van der Waals surface area contributed by atoms with Crippen molar-refractivity contribution in [1.82, 2.24) is 4.98 Å². The fraction of sp³-hybridized carbons (Fsp3) is 0.286. The molecule has 1 heterocycles. The van der Waals surface area contributed by atoms with Crippen LogP contribution in [0.15, 0.2) is 18.3 Å². The van der Waals surface area contributed by atoms with Crippen molar-refractivity contribution in [3.8, 4) is 0 Å². The number of alkyl halides is 3. The maximum Gasteiger partial charge on any atom is 0.420 e. The molecule has 2 nitrogen and oxygen atoms in total. The van der Waals surface area contributed by atoms with Gasteiger partial charge in [0.2, 0.25) is 0 Å². The molecule has 0 saturated heterocycles. The Hall–Kier alpha value is -0.810. The van der Waals surface area contributed by atoms with E-state index in [1.807, 2.05) is 0 Å². The van der Waals surface area contributed by atoms with Gasteiger partial charge in [-0.3, -0.25) is 4.98 Å². The highest BCUT2D eigenvalue weighted by molar-refractivity contribution is 6.31. The van der Waals surface area contributed by atoms with Gasteiger partial charge in [-0.15, -0.1) is 0 Å². The van der Waals surface area contributed by atoms with Crippen molar-refractivity contribution in [1.29, 1.82) is 0 Å². The molecule has 1 atom stereocenters. The highest BCUT2D eigenvalue weighted by Crippen LogP contribution is 2.34. The average Bonchev–Trinajstić information content (AvgIpc) is 2.02. The molecule has 0 spiro atoms. The molecule has 0 aliphatic rings. The Bertz CT molecular complexity index is 302. The largest absolute Gasteiger partial charge is 0.420 e. The van der Waals surface area contributed by atoms with Crippen LogP contribution in [-0.2, 0) is 0 Å². The molecule has 0 aliphatic carbocycles. The minimum atomic E-state index is -4.74. The first-order valence-corrected chi connectivity index (χ1v) is 3.66. The molecule has 0 aromatic carbocycles. The second-order valence-corrected chi connectivity index (χ2v) is 2.72. The van der Waals surface area contributed by atoms with Crippen LogP contribution in [0.2, 0.25) is 5.02 Å². The van der Waals surface area contributed by atoms with Crippen LogP contribution in [0.25, 0.3) is 0 Å². The van der Waals surface area contributed by atoms with Crippen molar-refractivity contribution in [2.24, 2.45) is 0 Å². The van der Waals surface area contributed by atoms with Gasteiger partial charge < -0.3 is 5.11 Å². The Morgan fingerprint density at radius 1 is 1.46 bits per heavy atom. The number of hydrogen-bond donors (Lipinski definition) is 1. The number of aliphatic hydroxyl groups excluding tert-OH is 1. The zero-order valence-electron chi connectivity index (χ0n) is 6.22. The van der Waals surface area contributed by atoms with Gasteiger partial charge >= 0.3 is 6.18 Å². The van der Waals surface area contributed by atoms with Crippen LogP contribution in [0.1, 0.15) is 11.8 Å². The van der Waals surface area contributed by atoms with E-state index in [1.165, 1.54) is 12.1 Å². The van der Waals surface area contributed by atoms with E-state index in [4.69, 9.17) is 16.7 Å². The van der Waals surface area contributed by atoms with Crippen molar-refractivity contribution < 1.29 is 18.3 Å². The number of rotatable bonds is 1. The van der Waals surface area contributed by atoms with Gasteiger partial charge in [0.1, 0.15) is 0 Å². The van der Waals surface area contributed by atoms with E-state index in [2.05, 4.69) is 4.98 Å². The van der Waals surface area contributed by atoms with E-state index in [-0.39, 0.29) is 5.02 Å². The maximum atomic E-state index is 12.0. The van der Waals surface area contributed by atoms with E-state index in [1.54, 1.807) is 0 Å². The van der Waals surface area contributed by atoms with Gasteiger partial charge in [-0.05, 0) is 12.1 Å². The van der Waals surface area contributed by atoms with Gasteiger partial charge in [0.25, 0.3) is 0 Å². The quantitative estimate of drug-likeness (QED) is 0.774. The number of nitrogens with zero attached hydrogens (tertiary/aromatic N) is 1.